The Morgan fingerprint density at radius 3 is 2.41 bits per heavy atom. The normalized spacial score (nSPS) is 14.5. The van der Waals surface area contributed by atoms with E-state index in [1.165, 1.54) is 31.4 Å². The lowest BCUT2D eigenvalue weighted by Crippen LogP contribution is -2.47. The van der Waals surface area contributed by atoms with Crippen LogP contribution in [0.15, 0.2) is 47.4 Å². The molecule has 32 heavy (non-hydrogen) atoms. The fraction of sp³-hybridized carbons (Fsp3) is 0.429. The molecule has 0 heterocycles. The second kappa shape index (κ2) is 11.5. The maximum absolute atomic E-state index is 13.6. The van der Waals surface area contributed by atoms with E-state index in [0.717, 1.165) is 4.31 Å². The minimum Gasteiger partial charge on any atom is -0.495 e. The van der Waals surface area contributed by atoms with E-state index in [0.29, 0.717) is 11.3 Å². The molecule has 0 bridgehead atoms. The molecular weight excluding hydrogens is 440 g/mol. The third kappa shape index (κ3) is 6.09. The molecule has 3 unspecified atom stereocenters. The highest BCUT2D eigenvalue weighted by molar-refractivity contribution is 7.93. The van der Waals surface area contributed by atoms with Crippen molar-refractivity contribution in [1.29, 1.82) is 0 Å². The van der Waals surface area contributed by atoms with Crippen molar-refractivity contribution in [2.24, 2.45) is 5.73 Å². The zero-order chi connectivity index (χ0) is 23.9. The molecule has 178 valence electrons. The smallest absolute Gasteiger partial charge is 0.268 e. The zero-order valence-electron chi connectivity index (χ0n) is 18.0. The van der Waals surface area contributed by atoms with Crippen LogP contribution < -0.4 is 19.5 Å². The van der Waals surface area contributed by atoms with E-state index in [1.807, 2.05) is 0 Å². The Kier molecular flexibility index (Phi) is 9.25. The molecule has 10 nitrogen and oxygen atoms in total. The maximum Gasteiger partial charge on any atom is 0.268 e. The third-order valence-electron chi connectivity index (χ3n) is 4.68. The van der Waals surface area contributed by atoms with Gasteiger partial charge in [0.05, 0.1) is 25.9 Å². The minimum absolute atomic E-state index is 0.0928. The molecular formula is C21H30N2O8S. The second-order valence-corrected chi connectivity index (χ2v) is 8.97. The number of methoxy groups -OCH3 is 1. The Morgan fingerprint density at radius 1 is 1.09 bits per heavy atom. The fourth-order valence-corrected chi connectivity index (χ4v) is 4.69. The van der Waals surface area contributed by atoms with Gasteiger partial charge in [-0.25, -0.2) is 8.42 Å². The van der Waals surface area contributed by atoms with Crippen LogP contribution in [0.3, 0.4) is 0 Å². The number of aliphatic hydroxyl groups is 4. The van der Waals surface area contributed by atoms with Crippen molar-refractivity contribution in [3.05, 3.63) is 48.0 Å². The number of anilines is 1. The summed E-state index contributed by atoms with van der Waals surface area (Å²) in [5, 5.41) is 39.3. The Hall–Kier alpha value is -2.41. The van der Waals surface area contributed by atoms with Crippen LogP contribution in [0.25, 0.3) is 0 Å². The van der Waals surface area contributed by atoms with Gasteiger partial charge in [-0.1, -0.05) is 12.1 Å². The lowest BCUT2D eigenvalue weighted by atomic mass is 10.1. The van der Waals surface area contributed by atoms with Crippen LogP contribution in [0.1, 0.15) is 5.56 Å². The Labute approximate surface area is 187 Å². The van der Waals surface area contributed by atoms with Gasteiger partial charge >= 0.3 is 0 Å². The van der Waals surface area contributed by atoms with Gasteiger partial charge in [0, 0.05) is 12.6 Å². The Balaban J connectivity index is 2.59. The first-order valence-corrected chi connectivity index (χ1v) is 11.3. The van der Waals surface area contributed by atoms with Crippen molar-refractivity contribution in [2.45, 2.75) is 30.1 Å². The van der Waals surface area contributed by atoms with Crippen LogP contribution in [0, 0.1) is 6.92 Å². The number of hydrogen-bond acceptors (Lipinski definition) is 9. The highest BCUT2D eigenvalue weighted by Crippen LogP contribution is 2.33. The quantitative estimate of drug-likeness (QED) is 0.278. The summed E-state index contributed by atoms with van der Waals surface area (Å²) in [6, 6.07) is 10.7. The van der Waals surface area contributed by atoms with Gasteiger partial charge in [-0.15, -0.1) is 0 Å². The number of rotatable bonds is 12. The van der Waals surface area contributed by atoms with Gasteiger partial charge in [0.25, 0.3) is 10.0 Å². The van der Waals surface area contributed by atoms with Crippen LogP contribution in [0.2, 0.25) is 0 Å². The molecule has 6 N–H and O–H groups in total. The van der Waals surface area contributed by atoms with Crippen LogP contribution in [0.5, 0.6) is 11.5 Å². The molecule has 0 aromatic heterocycles. The van der Waals surface area contributed by atoms with Gasteiger partial charge in [-0.05, 0) is 36.8 Å². The van der Waals surface area contributed by atoms with Gasteiger partial charge in [-0.3, -0.25) is 4.31 Å². The molecule has 0 radical (unpaired) electrons. The van der Waals surface area contributed by atoms with Crippen molar-refractivity contribution < 1.29 is 38.3 Å². The lowest BCUT2D eigenvalue weighted by molar-refractivity contribution is -0.0723. The average molecular weight is 471 g/mol. The molecule has 0 aliphatic heterocycles. The number of aliphatic hydroxyl groups excluding tert-OH is 4. The molecule has 11 heteroatoms. The van der Waals surface area contributed by atoms with E-state index >= 15 is 0 Å². The average Bonchev–Trinajstić information content (AvgIpc) is 2.79. The van der Waals surface area contributed by atoms with Crippen LogP contribution in [-0.4, -0.2) is 80.6 Å². The molecule has 0 fully saturated rings. The highest BCUT2D eigenvalue weighted by Gasteiger charge is 2.34. The highest BCUT2D eigenvalue weighted by atomic mass is 32.2. The number of nitrogens with zero attached hydrogens (tertiary/aromatic N) is 1. The van der Waals surface area contributed by atoms with E-state index in [-0.39, 0.29) is 29.5 Å². The number of sulfonamides is 1. The summed E-state index contributed by atoms with van der Waals surface area (Å²) in [5.74, 6) is 0.464. The second-order valence-electron chi connectivity index (χ2n) is 7.14. The number of para-hydroxylation sites is 1. The molecule has 0 spiro atoms. The monoisotopic (exact) mass is 470 g/mol. The standard InChI is InChI=1S/C21H30N2O8S/c1-14-9-15(11-16(10-14)31-8-7-22)23(12-17(25)21(27)18(26)13-24)32(28,29)20-6-4-3-5-19(20)30-2/h3-6,9-11,17-18,21,24-27H,7-8,12-13,22H2,1-2H3. The summed E-state index contributed by atoms with van der Waals surface area (Å²) >= 11 is 0. The molecule has 2 aromatic carbocycles. The number of ether oxygens (including phenoxy) is 2. The first-order valence-electron chi connectivity index (χ1n) is 9.91. The van der Waals surface area contributed by atoms with Crippen LogP contribution in [-0.2, 0) is 10.0 Å². The summed E-state index contributed by atoms with van der Waals surface area (Å²) < 4.78 is 38.9. The van der Waals surface area contributed by atoms with Crippen LogP contribution in [0.4, 0.5) is 5.69 Å². The largest absolute Gasteiger partial charge is 0.495 e. The van der Waals surface area contributed by atoms with E-state index in [4.69, 9.17) is 20.3 Å². The van der Waals surface area contributed by atoms with Gasteiger partial charge in [-0.2, -0.15) is 0 Å². The molecule has 0 aliphatic carbocycles. The summed E-state index contributed by atoms with van der Waals surface area (Å²) in [6.45, 7) is 0.799. The molecule has 0 aliphatic rings. The summed E-state index contributed by atoms with van der Waals surface area (Å²) in [5.41, 5.74) is 6.32. The Bertz CT molecular complexity index is 986. The van der Waals surface area contributed by atoms with E-state index in [1.54, 1.807) is 25.1 Å². The minimum atomic E-state index is -4.30. The third-order valence-corrected chi connectivity index (χ3v) is 6.51. The van der Waals surface area contributed by atoms with Gasteiger partial charge in [0.1, 0.15) is 41.3 Å². The topological polar surface area (TPSA) is 163 Å². The van der Waals surface area contributed by atoms with E-state index in [2.05, 4.69) is 0 Å². The van der Waals surface area contributed by atoms with Gasteiger partial charge in [0.15, 0.2) is 0 Å². The molecule has 2 aromatic rings. The lowest BCUT2D eigenvalue weighted by Gasteiger charge is -2.30. The SMILES string of the molecule is COc1ccccc1S(=O)(=O)N(CC(O)C(O)C(O)CO)c1cc(C)cc(OCCN)c1. The summed E-state index contributed by atoms with van der Waals surface area (Å²) in [7, 11) is -2.97. The van der Waals surface area contributed by atoms with Crippen LogP contribution >= 0.6 is 0 Å². The van der Waals surface area contributed by atoms with Gasteiger partial charge < -0.3 is 35.6 Å². The van der Waals surface area contributed by atoms with Crippen molar-refractivity contribution in [2.75, 3.05) is 37.7 Å². The van der Waals surface area contributed by atoms with E-state index in [9.17, 15) is 23.7 Å². The van der Waals surface area contributed by atoms with Crippen molar-refractivity contribution in [3.8, 4) is 11.5 Å². The van der Waals surface area contributed by atoms with Crippen molar-refractivity contribution in [3.63, 3.8) is 0 Å². The number of benzene rings is 2. The first-order chi connectivity index (χ1) is 15.1. The molecule has 0 saturated heterocycles. The van der Waals surface area contributed by atoms with Crippen molar-refractivity contribution in [1.82, 2.24) is 0 Å². The van der Waals surface area contributed by atoms with Gasteiger partial charge in [0.2, 0.25) is 0 Å². The number of hydrogen-bond donors (Lipinski definition) is 5. The maximum atomic E-state index is 13.6. The molecule has 0 saturated carbocycles. The molecule has 0 amide bonds. The van der Waals surface area contributed by atoms with E-state index < -0.39 is 41.5 Å². The predicted molar refractivity (Wildman–Crippen MR) is 118 cm³/mol. The number of aryl methyl sites for hydroxylation is 1. The predicted octanol–water partition coefficient (Wildman–Crippen LogP) is -0.389. The fourth-order valence-electron chi connectivity index (χ4n) is 3.07. The Morgan fingerprint density at radius 2 is 1.78 bits per heavy atom. The molecule has 2 rings (SSSR count). The molecule has 3 atom stereocenters. The number of nitrogens with two attached hydrogens (primary N) is 1. The summed E-state index contributed by atoms with van der Waals surface area (Å²) in [4.78, 5) is -0.155. The zero-order valence-corrected chi connectivity index (χ0v) is 18.8. The first kappa shape index (κ1) is 25.8. The van der Waals surface area contributed by atoms with Crippen molar-refractivity contribution >= 4 is 15.7 Å². The summed E-state index contributed by atoms with van der Waals surface area (Å²) in [6.07, 6.45) is -5.15.